The summed E-state index contributed by atoms with van der Waals surface area (Å²) in [5.74, 6) is -5.55. The minimum absolute atomic E-state index is 0.0385. The van der Waals surface area contributed by atoms with Crippen molar-refractivity contribution in [2.45, 2.75) is 140 Å². The number of carbonyl (C=O) groups excluding carboxylic acids is 6. The van der Waals surface area contributed by atoms with Crippen LogP contribution in [0, 0.1) is 11.3 Å². The fourth-order valence-corrected chi connectivity index (χ4v) is 6.47. The van der Waals surface area contributed by atoms with Crippen LogP contribution in [0.15, 0.2) is 0 Å². The highest BCUT2D eigenvalue weighted by Crippen LogP contribution is 2.11. The van der Waals surface area contributed by atoms with Crippen LogP contribution in [-0.4, -0.2) is 145 Å². The summed E-state index contributed by atoms with van der Waals surface area (Å²) in [6.45, 7) is 4.00. The van der Waals surface area contributed by atoms with Crippen LogP contribution in [-0.2, 0) is 33.6 Å². The zero-order valence-electron chi connectivity index (χ0n) is 36.1. The minimum Gasteiger partial charge on any atom is -0.480 e. The minimum atomic E-state index is -1.65. The number of aliphatic carboxylic acids is 1. The molecule has 0 spiro atoms. The Balaban J connectivity index is 6.43. The summed E-state index contributed by atoms with van der Waals surface area (Å²) in [4.78, 5) is 93.2. The summed E-state index contributed by atoms with van der Waals surface area (Å²) in [7, 11) is 0. The van der Waals surface area contributed by atoms with Crippen molar-refractivity contribution in [1.29, 1.82) is 5.41 Å². The average molecular weight is 890 g/mol. The molecule has 0 bridgehead atoms. The third-order valence-corrected chi connectivity index (χ3v) is 10.1. The molecule has 61 heavy (non-hydrogen) atoms. The molecule has 0 aliphatic rings. The lowest BCUT2D eigenvalue weighted by Crippen LogP contribution is -2.60. The van der Waals surface area contributed by atoms with Gasteiger partial charge in [0.1, 0.15) is 36.3 Å². The molecule has 0 rings (SSSR count). The van der Waals surface area contributed by atoms with Crippen molar-refractivity contribution in [3.05, 3.63) is 0 Å². The van der Waals surface area contributed by atoms with E-state index in [9.17, 15) is 43.8 Å². The summed E-state index contributed by atoms with van der Waals surface area (Å²) < 4.78 is 0. The maximum absolute atomic E-state index is 14.0. The standard InChI is InChI=1S/C38H75N13O9S/c1-23(2)21-29(50-35(57)28(15-20-61-3)46-31(53)24(42)11-4-7-16-39)36(58)49-26(13-6-9-18-41)33(55)47-25(12-5-8-17-40)32(54)48-27(14-10-19-45-38(43)44)34(56)51-30(22-52)37(59)60/h23-30,52H,4-22,39-42H2,1-3H3,(H,46,53)(H,47,55)(H,48,54)(H,49,58)(H,50,57)(H,51,56)(H,59,60)(H4,43,44,45)/t24-,25-,26-,27-,28-,29-,30-/m0/s1. The molecule has 0 aromatic heterocycles. The Kier molecular flexibility index (Phi) is 31.0. The van der Waals surface area contributed by atoms with Gasteiger partial charge in [0.15, 0.2) is 5.96 Å². The number of aliphatic hydroxyl groups is 1. The zero-order chi connectivity index (χ0) is 46.3. The molecule has 0 fully saturated rings. The van der Waals surface area contributed by atoms with Crippen LogP contribution in [0.2, 0.25) is 0 Å². The van der Waals surface area contributed by atoms with Gasteiger partial charge in [-0.05, 0) is 115 Å². The monoisotopic (exact) mass is 890 g/mol. The fraction of sp³-hybridized carbons (Fsp3) is 0.789. The van der Waals surface area contributed by atoms with Crippen molar-refractivity contribution in [2.24, 2.45) is 34.6 Å². The van der Waals surface area contributed by atoms with E-state index in [0.717, 1.165) is 0 Å². The molecular weight excluding hydrogens is 815 g/mol. The highest BCUT2D eigenvalue weighted by Gasteiger charge is 2.33. The van der Waals surface area contributed by atoms with Crippen molar-refractivity contribution in [1.82, 2.24) is 37.2 Å². The van der Waals surface area contributed by atoms with Gasteiger partial charge in [-0.2, -0.15) is 11.8 Å². The number of amides is 6. The third-order valence-electron chi connectivity index (χ3n) is 9.46. The van der Waals surface area contributed by atoms with Crippen LogP contribution >= 0.6 is 11.8 Å². The molecule has 0 heterocycles. The van der Waals surface area contributed by atoms with E-state index in [1.807, 2.05) is 20.1 Å². The van der Waals surface area contributed by atoms with Gasteiger partial charge in [-0.25, -0.2) is 4.79 Å². The molecule has 0 saturated heterocycles. The van der Waals surface area contributed by atoms with Gasteiger partial charge in [-0.15, -0.1) is 0 Å². The van der Waals surface area contributed by atoms with Gasteiger partial charge in [0.2, 0.25) is 35.4 Å². The number of nitrogens with two attached hydrogens (primary N) is 5. The average Bonchev–Trinajstić information content (AvgIpc) is 3.20. The van der Waals surface area contributed by atoms with E-state index >= 15 is 0 Å². The van der Waals surface area contributed by atoms with E-state index in [0.29, 0.717) is 70.3 Å². The van der Waals surface area contributed by atoms with Crippen molar-refractivity contribution in [3.63, 3.8) is 0 Å². The van der Waals surface area contributed by atoms with Gasteiger partial charge in [0, 0.05) is 6.54 Å². The molecule has 0 unspecified atom stereocenters. The predicted molar refractivity (Wildman–Crippen MR) is 235 cm³/mol. The highest BCUT2D eigenvalue weighted by molar-refractivity contribution is 7.98. The Morgan fingerprint density at radius 1 is 0.574 bits per heavy atom. The van der Waals surface area contributed by atoms with Crippen LogP contribution in [0.25, 0.3) is 0 Å². The highest BCUT2D eigenvalue weighted by atomic mass is 32.2. The Labute approximate surface area is 363 Å². The number of hydrogen-bond acceptors (Lipinski definition) is 14. The Morgan fingerprint density at radius 2 is 0.951 bits per heavy atom. The zero-order valence-corrected chi connectivity index (χ0v) is 36.9. The van der Waals surface area contributed by atoms with E-state index in [-0.39, 0.29) is 56.9 Å². The van der Waals surface area contributed by atoms with E-state index in [2.05, 4.69) is 37.2 Å². The number of carbonyl (C=O) groups is 7. The summed E-state index contributed by atoms with van der Waals surface area (Å²) in [6, 6.07) is -8.35. The maximum Gasteiger partial charge on any atom is 0.328 e. The molecule has 0 aromatic rings. The summed E-state index contributed by atoms with van der Waals surface area (Å²) in [5.41, 5.74) is 28.4. The molecule has 0 saturated carbocycles. The molecule has 22 nitrogen and oxygen atoms in total. The third kappa shape index (κ3) is 25.3. The van der Waals surface area contributed by atoms with Gasteiger partial charge in [0.05, 0.1) is 12.6 Å². The lowest BCUT2D eigenvalue weighted by atomic mass is 10.0. The first kappa shape index (κ1) is 56.7. The Morgan fingerprint density at radius 3 is 1.34 bits per heavy atom. The molecule has 20 N–H and O–H groups in total. The second kappa shape index (κ2) is 33.4. The summed E-state index contributed by atoms with van der Waals surface area (Å²) in [5, 5.41) is 44.5. The first-order valence-corrected chi connectivity index (χ1v) is 22.4. The molecular formula is C38H75N13O9S. The summed E-state index contributed by atoms with van der Waals surface area (Å²) in [6.07, 6.45) is 6.20. The van der Waals surface area contributed by atoms with Crippen LogP contribution in [0.4, 0.5) is 0 Å². The second-order valence-corrected chi connectivity index (χ2v) is 16.2. The molecule has 6 amide bonds. The van der Waals surface area contributed by atoms with Gasteiger partial charge >= 0.3 is 5.97 Å². The normalized spacial score (nSPS) is 14.6. The fourth-order valence-electron chi connectivity index (χ4n) is 5.99. The Bertz CT molecular complexity index is 1360. The molecule has 0 aliphatic heterocycles. The quantitative estimate of drug-likeness (QED) is 0.0169. The van der Waals surface area contributed by atoms with E-state index in [1.165, 1.54) is 11.8 Å². The number of guanidine groups is 1. The van der Waals surface area contributed by atoms with E-state index < -0.39 is 90.3 Å². The molecule has 0 aromatic carbocycles. The number of carboxylic acid groups (broad SMARTS) is 1. The van der Waals surface area contributed by atoms with Crippen LogP contribution in [0.1, 0.15) is 97.3 Å². The number of nitrogens with one attached hydrogen (secondary N) is 8. The number of unbranched alkanes of at least 4 members (excludes halogenated alkanes) is 3. The largest absolute Gasteiger partial charge is 0.480 e. The molecule has 0 radical (unpaired) electrons. The SMILES string of the molecule is CSCC[C@H](NC(=O)[C@@H](N)CCCCN)C(=O)N[C@@H](CC(C)C)C(=O)N[C@@H](CCCCN)C(=O)N[C@@H](CCCCN)C(=O)N[C@@H](CCCNC(=N)N)C(=O)N[C@@H](CO)C(=O)O. The van der Waals surface area contributed by atoms with Crippen molar-refractivity contribution < 1.29 is 43.8 Å². The van der Waals surface area contributed by atoms with Gasteiger partial charge in [-0.3, -0.25) is 34.2 Å². The lowest BCUT2D eigenvalue weighted by Gasteiger charge is -2.28. The first-order chi connectivity index (χ1) is 28.9. The molecule has 23 heteroatoms. The summed E-state index contributed by atoms with van der Waals surface area (Å²) >= 11 is 1.48. The predicted octanol–water partition coefficient (Wildman–Crippen LogP) is -3.25. The first-order valence-electron chi connectivity index (χ1n) is 21.0. The smallest absolute Gasteiger partial charge is 0.328 e. The molecule has 0 aliphatic carbocycles. The molecule has 352 valence electrons. The molecule has 7 atom stereocenters. The Hall–Kier alpha value is -4.29. The van der Waals surface area contributed by atoms with Gasteiger partial charge in [-0.1, -0.05) is 20.3 Å². The van der Waals surface area contributed by atoms with E-state index in [1.54, 1.807) is 0 Å². The topological polar surface area (TPSA) is 398 Å². The van der Waals surface area contributed by atoms with E-state index in [4.69, 9.17) is 34.1 Å². The van der Waals surface area contributed by atoms with Gasteiger partial charge in [0.25, 0.3) is 0 Å². The number of hydrogen-bond donors (Lipinski definition) is 15. The number of rotatable bonds is 35. The second-order valence-electron chi connectivity index (χ2n) is 15.2. The van der Waals surface area contributed by atoms with Crippen LogP contribution < -0.4 is 65.9 Å². The number of aliphatic hydroxyl groups excluding tert-OH is 1. The van der Waals surface area contributed by atoms with Crippen LogP contribution in [0.5, 0.6) is 0 Å². The number of carboxylic acids is 1. The maximum atomic E-state index is 14.0. The lowest BCUT2D eigenvalue weighted by molar-refractivity contribution is -0.143. The van der Waals surface area contributed by atoms with Crippen molar-refractivity contribution >= 4 is 59.1 Å². The van der Waals surface area contributed by atoms with Crippen molar-refractivity contribution in [2.75, 3.05) is 44.8 Å². The van der Waals surface area contributed by atoms with Crippen molar-refractivity contribution in [3.8, 4) is 0 Å². The van der Waals surface area contributed by atoms with Crippen LogP contribution in [0.3, 0.4) is 0 Å². The van der Waals surface area contributed by atoms with Gasteiger partial charge < -0.3 is 76.1 Å². The number of thioether (sulfide) groups is 1.